The van der Waals surface area contributed by atoms with Crippen LogP contribution in [0.4, 0.5) is 0 Å². The SMILES string of the molecule is Cc1cnc(C(C)NC(=O)C2CC2)o1. The lowest BCUT2D eigenvalue weighted by molar-refractivity contribution is -0.123. The maximum atomic E-state index is 11.4. The van der Waals surface area contributed by atoms with E-state index in [9.17, 15) is 4.79 Å². The second-order valence-electron chi connectivity index (χ2n) is 3.81. The van der Waals surface area contributed by atoms with Crippen molar-refractivity contribution >= 4 is 5.91 Å². The number of nitrogens with zero attached hydrogens (tertiary/aromatic N) is 1. The van der Waals surface area contributed by atoms with Gasteiger partial charge in [0.05, 0.1) is 6.20 Å². The van der Waals surface area contributed by atoms with Crippen molar-refractivity contribution < 1.29 is 9.21 Å². The van der Waals surface area contributed by atoms with Crippen LogP contribution in [-0.4, -0.2) is 10.9 Å². The normalized spacial score (nSPS) is 17.9. The van der Waals surface area contributed by atoms with Gasteiger partial charge in [0.1, 0.15) is 11.8 Å². The second-order valence-corrected chi connectivity index (χ2v) is 3.81. The lowest BCUT2D eigenvalue weighted by atomic mass is 10.3. The van der Waals surface area contributed by atoms with Crippen molar-refractivity contribution in [2.75, 3.05) is 0 Å². The van der Waals surface area contributed by atoms with E-state index < -0.39 is 0 Å². The molecule has 14 heavy (non-hydrogen) atoms. The van der Waals surface area contributed by atoms with Gasteiger partial charge in [-0.3, -0.25) is 4.79 Å². The van der Waals surface area contributed by atoms with Crippen molar-refractivity contribution in [1.29, 1.82) is 0 Å². The minimum absolute atomic E-state index is 0.119. The van der Waals surface area contributed by atoms with Crippen LogP contribution in [0, 0.1) is 12.8 Å². The highest BCUT2D eigenvalue weighted by Crippen LogP contribution is 2.29. The van der Waals surface area contributed by atoms with Crippen LogP contribution in [0.15, 0.2) is 10.6 Å². The Hall–Kier alpha value is -1.32. The third-order valence-corrected chi connectivity index (χ3v) is 2.32. The first-order valence-corrected chi connectivity index (χ1v) is 4.89. The molecule has 0 radical (unpaired) electrons. The number of hydrogen-bond acceptors (Lipinski definition) is 3. The molecule has 1 aromatic heterocycles. The number of nitrogens with one attached hydrogen (secondary N) is 1. The van der Waals surface area contributed by atoms with Crippen LogP contribution < -0.4 is 5.32 Å². The summed E-state index contributed by atoms with van der Waals surface area (Å²) in [6, 6.07) is -0.128. The second kappa shape index (κ2) is 3.44. The van der Waals surface area contributed by atoms with Crippen LogP contribution in [0.2, 0.25) is 0 Å². The Morgan fingerprint density at radius 1 is 1.71 bits per heavy atom. The zero-order valence-electron chi connectivity index (χ0n) is 8.41. The lowest BCUT2D eigenvalue weighted by Gasteiger charge is -2.09. The molecule has 0 bridgehead atoms. The summed E-state index contributed by atoms with van der Waals surface area (Å²) in [5.41, 5.74) is 0. The molecule has 0 saturated heterocycles. The molecule has 0 aromatic carbocycles. The molecule has 0 aliphatic heterocycles. The third kappa shape index (κ3) is 1.95. The van der Waals surface area contributed by atoms with Gasteiger partial charge in [-0.2, -0.15) is 0 Å². The highest BCUT2D eigenvalue weighted by molar-refractivity contribution is 5.81. The summed E-state index contributed by atoms with van der Waals surface area (Å²) >= 11 is 0. The molecule has 76 valence electrons. The van der Waals surface area contributed by atoms with E-state index in [2.05, 4.69) is 10.3 Å². The molecule has 1 fully saturated rings. The fourth-order valence-electron chi connectivity index (χ4n) is 1.31. The van der Waals surface area contributed by atoms with Gasteiger partial charge in [0, 0.05) is 5.92 Å². The van der Waals surface area contributed by atoms with Crippen molar-refractivity contribution in [2.24, 2.45) is 5.92 Å². The molecule has 4 heteroatoms. The average molecular weight is 194 g/mol. The van der Waals surface area contributed by atoms with Gasteiger partial charge in [-0.25, -0.2) is 4.98 Å². The van der Waals surface area contributed by atoms with Gasteiger partial charge in [0.25, 0.3) is 0 Å². The van der Waals surface area contributed by atoms with Gasteiger partial charge < -0.3 is 9.73 Å². The first-order valence-electron chi connectivity index (χ1n) is 4.89. The molecule has 1 saturated carbocycles. The standard InChI is InChI=1S/C10H14N2O2/c1-6-5-11-10(14-6)7(2)12-9(13)8-3-4-8/h5,7-8H,3-4H2,1-2H3,(H,12,13). The summed E-state index contributed by atoms with van der Waals surface area (Å²) in [4.78, 5) is 15.5. The monoisotopic (exact) mass is 194 g/mol. The molecule has 1 heterocycles. The lowest BCUT2D eigenvalue weighted by Crippen LogP contribution is -2.28. The Bertz CT molecular complexity index is 342. The molecule has 1 aliphatic rings. The molecule has 0 spiro atoms. The topological polar surface area (TPSA) is 55.1 Å². The van der Waals surface area contributed by atoms with E-state index in [-0.39, 0.29) is 17.9 Å². The summed E-state index contributed by atoms with van der Waals surface area (Å²) in [7, 11) is 0. The van der Waals surface area contributed by atoms with Crippen LogP contribution in [0.5, 0.6) is 0 Å². The summed E-state index contributed by atoms with van der Waals surface area (Å²) in [5.74, 6) is 1.70. The molecule has 1 N–H and O–H groups in total. The number of carbonyl (C=O) groups is 1. The minimum Gasteiger partial charge on any atom is -0.444 e. The maximum Gasteiger partial charge on any atom is 0.223 e. The maximum absolute atomic E-state index is 11.4. The van der Waals surface area contributed by atoms with Crippen molar-refractivity contribution in [2.45, 2.75) is 32.7 Å². The Morgan fingerprint density at radius 3 is 2.93 bits per heavy atom. The van der Waals surface area contributed by atoms with E-state index in [1.807, 2.05) is 13.8 Å². The Balaban J connectivity index is 1.94. The predicted octanol–water partition coefficient (Wildman–Crippen LogP) is 1.57. The van der Waals surface area contributed by atoms with Crippen molar-refractivity contribution in [3.05, 3.63) is 17.8 Å². The van der Waals surface area contributed by atoms with E-state index >= 15 is 0 Å². The van der Waals surface area contributed by atoms with Gasteiger partial charge in [0.15, 0.2) is 0 Å². The molecular weight excluding hydrogens is 180 g/mol. The summed E-state index contributed by atoms with van der Waals surface area (Å²) in [6.07, 6.45) is 3.70. The molecule has 1 unspecified atom stereocenters. The number of aromatic nitrogens is 1. The fraction of sp³-hybridized carbons (Fsp3) is 0.600. The quantitative estimate of drug-likeness (QED) is 0.794. The number of oxazole rings is 1. The van der Waals surface area contributed by atoms with Crippen molar-refractivity contribution in [1.82, 2.24) is 10.3 Å². The van der Waals surface area contributed by atoms with E-state index in [4.69, 9.17) is 4.42 Å². The summed E-state index contributed by atoms with van der Waals surface area (Å²) < 4.78 is 5.32. The van der Waals surface area contributed by atoms with Crippen LogP contribution in [0.1, 0.15) is 37.5 Å². The van der Waals surface area contributed by atoms with Crippen LogP contribution >= 0.6 is 0 Å². The average Bonchev–Trinajstić information content (AvgIpc) is 2.89. The highest BCUT2D eigenvalue weighted by Gasteiger charge is 2.31. The number of rotatable bonds is 3. The zero-order valence-corrected chi connectivity index (χ0v) is 8.41. The first kappa shape index (κ1) is 9.24. The summed E-state index contributed by atoms with van der Waals surface area (Å²) in [5, 5.41) is 2.88. The molecule has 1 aliphatic carbocycles. The minimum atomic E-state index is -0.128. The molecule has 1 atom stereocenters. The van der Waals surface area contributed by atoms with Crippen LogP contribution in [-0.2, 0) is 4.79 Å². The van der Waals surface area contributed by atoms with E-state index in [0.29, 0.717) is 5.89 Å². The highest BCUT2D eigenvalue weighted by atomic mass is 16.4. The van der Waals surface area contributed by atoms with Crippen LogP contribution in [0.25, 0.3) is 0 Å². The zero-order chi connectivity index (χ0) is 10.1. The molecular formula is C10H14N2O2. The van der Waals surface area contributed by atoms with Crippen molar-refractivity contribution in [3.63, 3.8) is 0 Å². The fourth-order valence-corrected chi connectivity index (χ4v) is 1.31. The molecule has 4 nitrogen and oxygen atoms in total. The van der Waals surface area contributed by atoms with Crippen LogP contribution in [0.3, 0.4) is 0 Å². The predicted molar refractivity (Wildman–Crippen MR) is 50.5 cm³/mol. The van der Waals surface area contributed by atoms with Gasteiger partial charge in [-0.05, 0) is 26.7 Å². The smallest absolute Gasteiger partial charge is 0.223 e. The first-order chi connectivity index (χ1) is 6.66. The van der Waals surface area contributed by atoms with Gasteiger partial charge in [0.2, 0.25) is 11.8 Å². The third-order valence-electron chi connectivity index (χ3n) is 2.32. The number of carbonyl (C=O) groups excluding carboxylic acids is 1. The number of aryl methyl sites for hydroxylation is 1. The molecule has 1 amide bonds. The Morgan fingerprint density at radius 2 is 2.43 bits per heavy atom. The van der Waals surface area contributed by atoms with E-state index in [0.717, 1.165) is 18.6 Å². The molecule has 2 rings (SSSR count). The Kier molecular flexibility index (Phi) is 2.27. The largest absolute Gasteiger partial charge is 0.444 e. The molecule has 1 aromatic rings. The van der Waals surface area contributed by atoms with Gasteiger partial charge in [-0.15, -0.1) is 0 Å². The van der Waals surface area contributed by atoms with E-state index in [1.54, 1.807) is 6.20 Å². The van der Waals surface area contributed by atoms with Gasteiger partial charge >= 0.3 is 0 Å². The number of hydrogen-bond donors (Lipinski definition) is 1. The van der Waals surface area contributed by atoms with Crippen molar-refractivity contribution in [3.8, 4) is 0 Å². The Labute approximate surface area is 82.7 Å². The summed E-state index contributed by atoms with van der Waals surface area (Å²) in [6.45, 7) is 3.72. The van der Waals surface area contributed by atoms with Gasteiger partial charge in [-0.1, -0.05) is 0 Å². The number of amides is 1. The van der Waals surface area contributed by atoms with E-state index in [1.165, 1.54) is 0 Å².